The molecule has 104 valence electrons. The number of nitrogens with one attached hydrogen (secondary N) is 2. The molecule has 2 rings (SSSR count). The minimum atomic E-state index is 0.644. The summed E-state index contributed by atoms with van der Waals surface area (Å²) < 4.78 is 1.02. The van der Waals surface area contributed by atoms with Crippen molar-refractivity contribution in [1.82, 2.24) is 5.32 Å². The van der Waals surface area contributed by atoms with E-state index in [1.54, 1.807) is 0 Å². The predicted molar refractivity (Wildman–Crippen MR) is 93.2 cm³/mol. The van der Waals surface area contributed by atoms with E-state index in [0.717, 1.165) is 23.1 Å². The molecule has 0 fully saturated rings. The van der Waals surface area contributed by atoms with Crippen LogP contribution in [0.1, 0.15) is 11.1 Å². The number of halogens is 1. The molecule has 2 aromatic rings. The van der Waals surface area contributed by atoms with Gasteiger partial charge in [0.15, 0.2) is 5.11 Å². The summed E-state index contributed by atoms with van der Waals surface area (Å²) in [5.74, 6) is 0. The van der Waals surface area contributed by atoms with Crippen LogP contribution in [0.5, 0.6) is 0 Å². The van der Waals surface area contributed by atoms with Crippen molar-refractivity contribution in [3.63, 3.8) is 0 Å². The second-order valence-corrected chi connectivity index (χ2v) is 5.86. The number of aryl methyl sites for hydroxylation is 1. The Bertz CT molecular complexity index is 584. The van der Waals surface area contributed by atoms with E-state index in [0.29, 0.717) is 5.11 Å². The van der Waals surface area contributed by atoms with E-state index >= 15 is 0 Å². The summed E-state index contributed by atoms with van der Waals surface area (Å²) in [6, 6.07) is 16.5. The molecule has 0 spiro atoms. The van der Waals surface area contributed by atoms with E-state index < -0.39 is 0 Å². The maximum absolute atomic E-state index is 5.30. The van der Waals surface area contributed by atoms with Crippen molar-refractivity contribution in [3.8, 4) is 0 Å². The largest absolute Gasteiger partial charge is 0.362 e. The van der Waals surface area contributed by atoms with Gasteiger partial charge in [-0.15, -0.1) is 0 Å². The topological polar surface area (TPSA) is 24.1 Å². The van der Waals surface area contributed by atoms with Crippen molar-refractivity contribution >= 4 is 38.9 Å². The Morgan fingerprint density at radius 1 is 1.15 bits per heavy atom. The van der Waals surface area contributed by atoms with Gasteiger partial charge < -0.3 is 10.6 Å². The molecule has 0 atom stereocenters. The summed E-state index contributed by atoms with van der Waals surface area (Å²) in [5.41, 5.74) is 3.50. The maximum atomic E-state index is 5.30. The third-order valence-corrected chi connectivity index (χ3v) is 3.82. The second-order valence-electron chi connectivity index (χ2n) is 4.60. The highest BCUT2D eigenvalue weighted by atomic mass is 79.9. The van der Waals surface area contributed by atoms with E-state index in [4.69, 9.17) is 12.2 Å². The van der Waals surface area contributed by atoms with E-state index in [1.165, 1.54) is 11.1 Å². The Morgan fingerprint density at radius 2 is 1.90 bits per heavy atom. The second kappa shape index (κ2) is 7.41. The third kappa shape index (κ3) is 4.62. The number of anilines is 1. The van der Waals surface area contributed by atoms with Crippen LogP contribution in [0.2, 0.25) is 0 Å². The molecule has 0 radical (unpaired) electrons. The van der Waals surface area contributed by atoms with Gasteiger partial charge in [0, 0.05) is 11.0 Å². The maximum Gasteiger partial charge on any atom is 0.170 e. The van der Waals surface area contributed by atoms with Crippen LogP contribution in [0.25, 0.3) is 0 Å². The van der Waals surface area contributed by atoms with Crippen molar-refractivity contribution < 1.29 is 0 Å². The molecule has 0 aromatic heterocycles. The first kappa shape index (κ1) is 15.0. The fourth-order valence-corrected chi connectivity index (χ4v) is 2.66. The highest BCUT2D eigenvalue weighted by Gasteiger charge is 2.02. The van der Waals surface area contributed by atoms with Gasteiger partial charge in [0.2, 0.25) is 0 Å². The first-order chi connectivity index (χ1) is 9.65. The Labute approximate surface area is 133 Å². The molecule has 0 saturated carbocycles. The van der Waals surface area contributed by atoms with Gasteiger partial charge in [0.1, 0.15) is 0 Å². The lowest BCUT2D eigenvalue weighted by Crippen LogP contribution is -2.30. The molecule has 0 aliphatic rings. The molecule has 2 N–H and O–H groups in total. The Hall–Kier alpha value is -1.39. The minimum absolute atomic E-state index is 0.644. The smallest absolute Gasteiger partial charge is 0.170 e. The van der Waals surface area contributed by atoms with E-state index in [9.17, 15) is 0 Å². The lowest BCUT2D eigenvalue weighted by Gasteiger charge is -2.12. The van der Waals surface area contributed by atoms with E-state index in [1.807, 2.05) is 12.1 Å². The van der Waals surface area contributed by atoms with Crippen molar-refractivity contribution in [2.45, 2.75) is 13.3 Å². The molecule has 0 heterocycles. The number of hydrogen-bond donors (Lipinski definition) is 2. The normalized spacial score (nSPS) is 10.1. The number of benzene rings is 2. The summed E-state index contributed by atoms with van der Waals surface area (Å²) in [4.78, 5) is 0. The Kier molecular flexibility index (Phi) is 5.56. The predicted octanol–water partition coefficient (Wildman–Crippen LogP) is 4.29. The molecule has 4 heteroatoms. The van der Waals surface area contributed by atoms with Crippen LogP contribution < -0.4 is 10.6 Å². The van der Waals surface area contributed by atoms with Crippen LogP contribution in [0.15, 0.2) is 53.0 Å². The summed E-state index contributed by atoms with van der Waals surface area (Å²) in [6.45, 7) is 2.88. The third-order valence-electron chi connectivity index (χ3n) is 2.91. The fourth-order valence-electron chi connectivity index (χ4n) is 1.85. The fraction of sp³-hybridized carbons (Fsp3) is 0.188. The Balaban J connectivity index is 1.81. The molecule has 0 amide bonds. The minimum Gasteiger partial charge on any atom is -0.362 e. The van der Waals surface area contributed by atoms with Gasteiger partial charge in [-0.2, -0.15) is 0 Å². The molecular formula is C16H17BrN2S. The van der Waals surface area contributed by atoms with Crippen LogP contribution in [0.3, 0.4) is 0 Å². The molecule has 2 nitrogen and oxygen atoms in total. The lowest BCUT2D eigenvalue weighted by molar-refractivity contribution is 0.873. The SMILES string of the molecule is Cc1ccc(NC(=S)NCCc2ccccc2)c(Br)c1. The van der Waals surface area contributed by atoms with Gasteiger partial charge >= 0.3 is 0 Å². The average Bonchev–Trinajstić information content (AvgIpc) is 2.43. The van der Waals surface area contributed by atoms with Crippen LogP contribution in [-0.2, 0) is 6.42 Å². The van der Waals surface area contributed by atoms with E-state index in [-0.39, 0.29) is 0 Å². The first-order valence-electron chi connectivity index (χ1n) is 6.50. The quantitative estimate of drug-likeness (QED) is 0.806. The summed E-state index contributed by atoms with van der Waals surface area (Å²) >= 11 is 8.83. The van der Waals surface area contributed by atoms with Gasteiger partial charge in [-0.25, -0.2) is 0 Å². The van der Waals surface area contributed by atoms with Crippen LogP contribution in [0, 0.1) is 6.92 Å². The zero-order valence-electron chi connectivity index (χ0n) is 11.3. The summed E-state index contributed by atoms with van der Waals surface area (Å²) in [7, 11) is 0. The molecule has 20 heavy (non-hydrogen) atoms. The molecular weight excluding hydrogens is 332 g/mol. The van der Waals surface area contributed by atoms with Gasteiger partial charge in [0.05, 0.1) is 5.69 Å². The molecule has 0 unspecified atom stereocenters. The zero-order chi connectivity index (χ0) is 14.4. The van der Waals surface area contributed by atoms with Crippen molar-refractivity contribution in [2.75, 3.05) is 11.9 Å². The standard InChI is InChI=1S/C16H17BrN2S/c1-12-7-8-15(14(17)11-12)19-16(20)18-10-9-13-5-3-2-4-6-13/h2-8,11H,9-10H2,1H3,(H2,18,19,20). The van der Waals surface area contributed by atoms with Gasteiger partial charge in [-0.1, -0.05) is 36.4 Å². The lowest BCUT2D eigenvalue weighted by atomic mass is 10.1. The Morgan fingerprint density at radius 3 is 2.60 bits per heavy atom. The number of thiocarbonyl (C=S) groups is 1. The molecule has 0 aliphatic heterocycles. The first-order valence-corrected chi connectivity index (χ1v) is 7.70. The average molecular weight is 349 g/mol. The number of rotatable bonds is 4. The number of hydrogen-bond acceptors (Lipinski definition) is 1. The zero-order valence-corrected chi connectivity index (χ0v) is 13.7. The summed E-state index contributed by atoms with van der Waals surface area (Å²) in [5, 5.41) is 7.06. The van der Waals surface area contributed by atoms with Crippen molar-refractivity contribution in [2.24, 2.45) is 0 Å². The van der Waals surface area contributed by atoms with Gasteiger partial charge in [-0.3, -0.25) is 0 Å². The molecule has 2 aromatic carbocycles. The van der Waals surface area contributed by atoms with E-state index in [2.05, 4.69) is 69.9 Å². The summed E-state index contributed by atoms with van der Waals surface area (Å²) in [6.07, 6.45) is 0.956. The highest BCUT2D eigenvalue weighted by molar-refractivity contribution is 9.10. The van der Waals surface area contributed by atoms with Crippen molar-refractivity contribution in [1.29, 1.82) is 0 Å². The van der Waals surface area contributed by atoms with Crippen LogP contribution >= 0.6 is 28.1 Å². The van der Waals surface area contributed by atoms with Gasteiger partial charge in [0.25, 0.3) is 0 Å². The van der Waals surface area contributed by atoms with Gasteiger partial charge in [-0.05, 0) is 64.8 Å². The molecule has 0 saturated heterocycles. The van der Waals surface area contributed by atoms with Crippen molar-refractivity contribution in [3.05, 3.63) is 64.1 Å². The highest BCUT2D eigenvalue weighted by Crippen LogP contribution is 2.23. The monoisotopic (exact) mass is 348 g/mol. The molecule has 0 aliphatic carbocycles. The van der Waals surface area contributed by atoms with Crippen LogP contribution in [0.4, 0.5) is 5.69 Å². The van der Waals surface area contributed by atoms with Crippen LogP contribution in [-0.4, -0.2) is 11.7 Å². The molecule has 0 bridgehead atoms.